The van der Waals surface area contributed by atoms with Gasteiger partial charge >= 0.3 is 0 Å². The van der Waals surface area contributed by atoms with Crippen molar-refractivity contribution < 1.29 is 4.79 Å². The van der Waals surface area contributed by atoms with Crippen molar-refractivity contribution in [1.29, 1.82) is 0 Å². The zero-order valence-corrected chi connectivity index (χ0v) is 18.3. The Labute approximate surface area is 179 Å². The number of aromatic nitrogens is 1. The molecule has 0 aliphatic carbocycles. The second-order valence-corrected chi connectivity index (χ2v) is 9.07. The minimum absolute atomic E-state index is 0.178. The molecule has 4 heteroatoms. The van der Waals surface area contributed by atoms with Crippen LogP contribution in [-0.2, 0) is 4.79 Å². The zero-order valence-electron chi connectivity index (χ0n) is 18.3. The number of benzene rings is 2. The molecule has 0 unspecified atom stereocenters. The molecule has 1 aromatic heterocycles. The lowest BCUT2D eigenvalue weighted by atomic mass is 9.90. The van der Waals surface area contributed by atoms with Crippen LogP contribution in [0.5, 0.6) is 0 Å². The number of likely N-dealkylation sites (tertiary alicyclic amines) is 1. The van der Waals surface area contributed by atoms with Crippen molar-refractivity contribution in [1.82, 2.24) is 15.2 Å². The molecule has 4 atom stereocenters. The maximum Gasteiger partial charge on any atom is 0.239 e. The molecule has 4 nitrogen and oxygen atoms in total. The van der Waals surface area contributed by atoms with Crippen molar-refractivity contribution in [2.75, 3.05) is 19.6 Å². The first kappa shape index (κ1) is 20.7. The molecule has 1 amide bonds. The summed E-state index contributed by atoms with van der Waals surface area (Å²) in [7, 11) is 0. The summed E-state index contributed by atoms with van der Waals surface area (Å²) in [6, 6.07) is 18.8. The van der Waals surface area contributed by atoms with E-state index in [0.717, 1.165) is 25.2 Å². The lowest BCUT2D eigenvalue weighted by Gasteiger charge is -2.36. The van der Waals surface area contributed by atoms with E-state index in [2.05, 4.69) is 83.8 Å². The van der Waals surface area contributed by atoms with Crippen molar-refractivity contribution in [2.24, 2.45) is 11.8 Å². The maximum atomic E-state index is 13.1. The van der Waals surface area contributed by atoms with Gasteiger partial charge in [0.25, 0.3) is 0 Å². The molecule has 0 spiro atoms. The number of aromatic amines is 1. The van der Waals surface area contributed by atoms with Crippen LogP contribution in [-0.4, -0.2) is 41.5 Å². The van der Waals surface area contributed by atoms with Crippen LogP contribution in [0.3, 0.4) is 0 Å². The summed E-state index contributed by atoms with van der Waals surface area (Å²) < 4.78 is 0. The third-order valence-electron chi connectivity index (χ3n) is 6.38. The van der Waals surface area contributed by atoms with Crippen molar-refractivity contribution in [3.05, 3.63) is 71.9 Å². The van der Waals surface area contributed by atoms with E-state index in [-0.39, 0.29) is 17.9 Å². The molecule has 30 heavy (non-hydrogen) atoms. The molecule has 1 saturated heterocycles. The van der Waals surface area contributed by atoms with Crippen LogP contribution in [0.1, 0.15) is 44.2 Å². The molecular weight excluding hydrogens is 370 g/mol. The molecular formula is C26H33N3O. The van der Waals surface area contributed by atoms with Crippen LogP contribution >= 0.6 is 0 Å². The smallest absolute Gasteiger partial charge is 0.239 e. The van der Waals surface area contributed by atoms with Gasteiger partial charge in [-0.1, -0.05) is 62.4 Å². The van der Waals surface area contributed by atoms with Gasteiger partial charge in [0, 0.05) is 42.7 Å². The highest BCUT2D eigenvalue weighted by atomic mass is 16.2. The van der Waals surface area contributed by atoms with Gasteiger partial charge in [-0.3, -0.25) is 4.79 Å². The van der Waals surface area contributed by atoms with Crippen LogP contribution in [0.15, 0.2) is 60.8 Å². The van der Waals surface area contributed by atoms with Crippen LogP contribution in [0.2, 0.25) is 0 Å². The third kappa shape index (κ3) is 4.44. The van der Waals surface area contributed by atoms with E-state index in [0.29, 0.717) is 11.8 Å². The Balaban J connectivity index is 1.52. The van der Waals surface area contributed by atoms with Gasteiger partial charge in [-0.05, 0) is 42.4 Å². The zero-order chi connectivity index (χ0) is 21.1. The second-order valence-electron chi connectivity index (χ2n) is 9.07. The van der Waals surface area contributed by atoms with Gasteiger partial charge in [0.15, 0.2) is 0 Å². The van der Waals surface area contributed by atoms with E-state index in [9.17, 15) is 4.79 Å². The van der Waals surface area contributed by atoms with Gasteiger partial charge in [0.1, 0.15) is 0 Å². The number of para-hydroxylation sites is 1. The van der Waals surface area contributed by atoms with E-state index in [1.165, 1.54) is 22.9 Å². The second kappa shape index (κ2) is 9.05. The molecule has 2 aromatic carbocycles. The fourth-order valence-electron chi connectivity index (χ4n) is 4.97. The summed E-state index contributed by atoms with van der Waals surface area (Å²) in [5.41, 5.74) is 3.67. The quantitative estimate of drug-likeness (QED) is 0.622. The third-order valence-corrected chi connectivity index (χ3v) is 6.38. The number of H-pyrrole nitrogens is 1. The number of nitrogens with one attached hydrogen (secondary N) is 2. The van der Waals surface area contributed by atoms with Gasteiger partial charge < -0.3 is 15.2 Å². The molecule has 1 aliphatic rings. The molecule has 0 radical (unpaired) electrons. The topological polar surface area (TPSA) is 48.1 Å². The molecule has 0 bridgehead atoms. The molecule has 2 N–H and O–H groups in total. The minimum atomic E-state index is -0.195. The van der Waals surface area contributed by atoms with Gasteiger partial charge in [0.2, 0.25) is 5.91 Å². The first-order valence-corrected chi connectivity index (χ1v) is 11.2. The number of fused-ring (bicyclic) bond motifs is 1. The average Bonchev–Trinajstić information content (AvgIpc) is 3.17. The van der Waals surface area contributed by atoms with E-state index in [1.54, 1.807) is 0 Å². The highest BCUT2D eigenvalue weighted by Gasteiger charge is 2.29. The fraction of sp³-hybridized carbons (Fsp3) is 0.423. The summed E-state index contributed by atoms with van der Waals surface area (Å²) in [6.45, 7) is 8.97. The SMILES string of the molecule is C[C@@H]1C[C@H](C)CN(C(=O)[C@@H](C)NC[C@@H](c2ccccc2)c2c[nH]c3ccccc23)C1. The van der Waals surface area contributed by atoms with Crippen molar-refractivity contribution in [3.8, 4) is 0 Å². The number of carbonyl (C=O) groups excluding carboxylic acids is 1. The Morgan fingerprint density at radius 1 is 1.07 bits per heavy atom. The highest BCUT2D eigenvalue weighted by molar-refractivity contribution is 5.84. The molecule has 158 valence electrons. The van der Waals surface area contributed by atoms with E-state index < -0.39 is 0 Å². The number of piperidine rings is 1. The first-order chi connectivity index (χ1) is 14.5. The molecule has 1 fully saturated rings. The van der Waals surface area contributed by atoms with Gasteiger partial charge in [0.05, 0.1) is 6.04 Å². The molecule has 4 rings (SSSR count). The summed E-state index contributed by atoms with van der Waals surface area (Å²) in [6.07, 6.45) is 3.33. The number of nitrogens with zero attached hydrogens (tertiary/aromatic N) is 1. The maximum absolute atomic E-state index is 13.1. The molecule has 2 heterocycles. The first-order valence-electron chi connectivity index (χ1n) is 11.2. The Morgan fingerprint density at radius 2 is 1.73 bits per heavy atom. The van der Waals surface area contributed by atoms with Crippen LogP contribution < -0.4 is 5.32 Å². The van der Waals surface area contributed by atoms with E-state index in [4.69, 9.17) is 0 Å². The monoisotopic (exact) mass is 403 g/mol. The lowest BCUT2D eigenvalue weighted by molar-refractivity contribution is -0.135. The largest absolute Gasteiger partial charge is 0.361 e. The Morgan fingerprint density at radius 3 is 2.47 bits per heavy atom. The number of hydrogen-bond acceptors (Lipinski definition) is 2. The van der Waals surface area contributed by atoms with E-state index in [1.807, 2.05) is 13.0 Å². The van der Waals surface area contributed by atoms with Crippen LogP contribution in [0, 0.1) is 11.8 Å². The number of hydrogen-bond donors (Lipinski definition) is 2. The van der Waals surface area contributed by atoms with Crippen molar-refractivity contribution in [3.63, 3.8) is 0 Å². The minimum Gasteiger partial charge on any atom is -0.361 e. The van der Waals surface area contributed by atoms with Gasteiger partial charge in [-0.2, -0.15) is 0 Å². The molecule has 0 saturated carbocycles. The fourth-order valence-corrected chi connectivity index (χ4v) is 4.97. The standard InChI is InChI=1S/C26H33N3O/c1-18-13-19(2)17-29(16-18)26(30)20(3)27-14-23(21-9-5-4-6-10-21)24-15-28-25-12-8-7-11-22(24)25/h4-12,15,18-20,23,27-28H,13-14,16-17H2,1-3H3/t18-,19+,20-,23+/m1/s1. The number of carbonyl (C=O) groups is 1. The average molecular weight is 404 g/mol. The molecule has 3 aromatic rings. The van der Waals surface area contributed by atoms with E-state index >= 15 is 0 Å². The Bertz CT molecular complexity index is 970. The number of rotatable bonds is 6. The highest BCUT2D eigenvalue weighted by Crippen LogP contribution is 2.30. The predicted octanol–water partition coefficient (Wildman–Crippen LogP) is 4.78. The number of amides is 1. The van der Waals surface area contributed by atoms with Crippen LogP contribution in [0.4, 0.5) is 0 Å². The molecule has 1 aliphatic heterocycles. The van der Waals surface area contributed by atoms with Gasteiger partial charge in [-0.25, -0.2) is 0 Å². The van der Waals surface area contributed by atoms with Gasteiger partial charge in [-0.15, -0.1) is 0 Å². The Hall–Kier alpha value is -2.59. The lowest BCUT2D eigenvalue weighted by Crippen LogP contribution is -2.50. The summed E-state index contributed by atoms with van der Waals surface area (Å²) in [5, 5.41) is 4.80. The summed E-state index contributed by atoms with van der Waals surface area (Å²) in [5.74, 6) is 1.55. The van der Waals surface area contributed by atoms with Crippen molar-refractivity contribution in [2.45, 2.75) is 39.2 Å². The Kier molecular flexibility index (Phi) is 6.24. The summed E-state index contributed by atoms with van der Waals surface area (Å²) in [4.78, 5) is 18.6. The summed E-state index contributed by atoms with van der Waals surface area (Å²) >= 11 is 0. The van der Waals surface area contributed by atoms with Crippen molar-refractivity contribution >= 4 is 16.8 Å². The predicted molar refractivity (Wildman–Crippen MR) is 124 cm³/mol. The normalized spacial score (nSPS) is 21.5. The van der Waals surface area contributed by atoms with Crippen LogP contribution in [0.25, 0.3) is 10.9 Å².